The van der Waals surface area contributed by atoms with Crippen molar-refractivity contribution in [2.24, 2.45) is 5.73 Å². The molecule has 0 bridgehead atoms. The number of rotatable bonds is 4. The highest BCUT2D eigenvalue weighted by molar-refractivity contribution is 8.00. The molecule has 0 aromatic heterocycles. The van der Waals surface area contributed by atoms with Crippen molar-refractivity contribution in [3.8, 4) is 0 Å². The molecule has 0 saturated carbocycles. The third-order valence-corrected chi connectivity index (χ3v) is 5.52. The molecule has 18 heavy (non-hydrogen) atoms. The summed E-state index contributed by atoms with van der Waals surface area (Å²) in [7, 11) is 0. The molecule has 1 aliphatic rings. The van der Waals surface area contributed by atoms with Gasteiger partial charge in [0.25, 0.3) is 0 Å². The summed E-state index contributed by atoms with van der Waals surface area (Å²) in [6, 6.07) is 8.13. The predicted molar refractivity (Wildman–Crippen MR) is 79.3 cm³/mol. The fourth-order valence-corrected chi connectivity index (χ4v) is 3.83. The van der Waals surface area contributed by atoms with E-state index in [4.69, 9.17) is 22.1 Å². The third kappa shape index (κ3) is 3.41. The zero-order valence-electron chi connectivity index (χ0n) is 10.8. The lowest BCUT2D eigenvalue weighted by atomic mass is 10.1. The Balaban J connectivity index is 2.10. The van der Waals surface area contributed by atoms with Crippen LogP contribution in [0.15, 0.2) is 24.3 Å². The van der Waals surface area contributed by atoms with Gasteiger partial charge < -0.3 is 10.5 Å². The van der Waals surface area contributed by atoms with E-state index in [2.05, 4.69) is 26.0 Å². The van der Waals surface area contributed by atoms with E-state index >= 15 is 0 Å². The number of benzene rings is 1. The number of hydrogen-bond acceptors (Lipinski definition) is 3. The second-order valence-electron chi connectivity index (χ2n) is 4.87. The molecule has 1 saturated heterocycles. The quantitative estimate of drug-likeness (QED) is 0.917. The molecule has 0 amide bonds. The first-order chi connectivity index (χ1) is 8.58. The molecule has 0 aliphatic carbocycles. The zero-order chi connectivity index (χ0) is 13.1. The number of nitrogens with two attached hydrogens (primary N) is 1. The lowest BCUT2D eigenvalue weighted by molar-refractivity contribution is 0.127. The minimum atomic E-state index is 0.115. The average molecular weight is 286 g/mol. The summed E-state index contributed by atoms with van der Waals surface area (Å²) >= 11 is 7.87. The molecule has 2 nitrogen and oxygen atoms in total. The van der Waals surface area contributed by atoms with Crippen LogP contribution in [-0.4, -0.2) is 24.0 Å². The van der Waals surface area contributed by atoms with Crippen molar-refractivity contribution in [2.75, 3.05) is 6.61 Å². The van der Waals surface area contributed by atoms with Gasteiger partial charge in [0.05, 0.1) is 6.10 Å². The molecule has 1 aromatic rings. The van der Waals surface area contributed by atoms with Crippen LogP contribution >= 0.6 is 23.4 Å². The summed E-state index contributed by atoms with van der Waals surface area (Å²) in [5.74, 6) is 0. The highest BCUT2D eigenvalue weighted by atomic mass is 35.5. The molecule has 100 valence electrons. The van der Waals surface area contributed by atoms with E-state index in [1.165, 1.54) is 5.56 Å². The van der Waals surface area contributed by atoms with E-state index in [9.17, 15) is 0 Å². The molecule has 0 radical (unpaired) electrons. The van der Waals surface area contributed by atoms with Gasteiger partial charge in [-0.1, -0.05) is 23.7 Å². The molecule has 4 atom stereocenters. The molecular weight excluding hydrogens is 266 g/mol. The van der Waals surface area contributed by atoms with E-state index in [0.29, 0.717) is 16.6 Å². The van der Waals surface area contributed by atoms with Crippen LogP contribution in [0.3, 0.4) is 0 Å². The molecule has 1 fully saturated rings. The maximum absolute atomic E-state index is 6.14. The van der Waals surface area contributed by atoms with E-state index < -0.39 is 0 Å². The normalized spacial score (nSPS) is 27.1. The van der Waals surface area contributed by atoms with Crippen LogP contribution in [0, 0.1) is 0 Å². The Bertz CT molecular complexity index is 382. The average Bonchev–Trinajstić information content (AvgIpc) is 2.73. The highest BCUT2D eigenvalue weighted by Gasteiger charge is 2.29. The van der Waals surface area contributed by atoms with Gasteiger partial charge in [0.2, 0.25) is 0 Å². The van der Waals surface area contributed by atoms with Crippen LogP contribution in [-0.2, 0) is 4.74 Å². The number of halogens is 1. The molecule has 0 spiro atoms. The van der Waals surface area contributed by atoms with Gasteiger partial charge in [-0.3, -0.25) is 0 Å². The van der Waals surface area contributed by atoms with Crippen molar-refractivity contribution >= 4 is 23.4 Å². The predicted octanol–water partition coefficient (Wildman–Crippen LogP) is 3.64. The summed E-state index contributed by atoms with van der Waals surface area (Å²) < 4.78 is 5.62. The van der Waals surface area contributed by atoms with Crippen molar-refractivity contribution in [3.63, 3.8) is 0 Å². The van der Waals surface area contributed by atoms with Crippen LogP contribution < -0.4 is 5.73 Å². The van der Waals surface area contributed by atoms with E-state index in [-0.39, 0.29) is 6.04 Å². The Kier molecular flexibility index (Phi) is 4.96. The Hall–Kier alpha value is -0.220. The van der Waals surface area contributed by atoms with Crippen LogP contribution in [0.4, 0.5) is 0 Å². The van der Waals surface area contributed by atoms with Gasteiger partial charge in [-0.15, -0.1) is 11.8 Å². The van der Waals surface area contributed by atoms with Crippen molar-refractivity contribution in [2.45, 2.75) is 42.9 Å². The minimum Gasteiger partial charge on any atom is -0.377 e. The van der Waals surface area contributed by atoms with Gasteiger partial charge in [-0.25, -0.2) is 0 Å². The van der Waals surface area contributed by atoms with E-state index in [1.54, 1.807) is 0 Å². The minimum absolute atomic E-state index is 0.115. The SMILES string of the molecule is CC(N)C(SC1CCOC1C)c1ccc(Cl)cc1. The van der Waals surface area contributed by atoms with Gasteiger partial charge in [-0.2, -0.15) is 0 Å². The molecule has 1 heterocycles. The highest BCUT2D eigenvalue weighted by Crippen LogP contribution is 2.39. The first kappa shape index (κ1) is 14.2. The lowest BCUT2D eigenvalue weighted by Gasteiger charge is -2.25. The van der Waals surface area contributed by atoms with Gasteiger partial charge >= 0.3 is 0 Å². The summed E-state index contributed by atoms with van der Waals surface area (Å²) in [6.45, 7) is 5.07. The molecular formula is C14H20ClNOS. The Morgan fingerprint density at radius 2 is 2.06 bits per heavy atom. The molecule has 1 aromatic carbocycles. The lowest BCUT2D eigenvalue weighted by Crippen LogP contribution is -2.26. The first-order valence-corrected chi connectivity index (χ1v) is 7.68. The first-order valence-electron chi connectivity index (χ1n) is 6.36. The molecule has 4 heteroatoms. The fraction of sp³-hybridized carbons (Fsp3) is 0.571. The Labute approximate surface area is 118 Å². The van der Waals surface area contributed by atoms with Crippen molar-refractivity contribution in [1.82, 2.24) is 0 Å². The monoisotopic (exact) mass is 285 g/mol. The molecule has 2 N–H and O–H groups in total. The molecule has 1 aliphatic heterocycles. The standard InChI is InChI=1S/C14H20ClNOS/c1-9(16)14(11-3-5-12(15)6-4-11)18-13-7-8-17-10(13)2/h3-6,9-10,13-14H,7-8,16H2,1-2H3. The summed E-state index contributed by atoms with van der Waals surface area (Å²) in [4.78, 5) is 0. The van der Waals surface area contributed by atoms with Crippen LogP contribution in [0.25, 0.3) is 0 Å². The second kappa shape index (κ2) is 6.29. The maximum atomic E-state index is 6.14. The second-order valence-corrected chi connectivity index (χ2v) is 6.69. The zero-order valence-corrected chi connectivity index (χ0v) is 12.4. The summed E-state index contributed by atoms with van der Waals surface area (Å²) in [6.07, 6.45) is 1.44. The smallest absolute Gasteiger partial charge is 0.0666 e. The van der Waals surface area contributed by atoms with Crippen LogP contribution in [0.1, 0.15) is 31.1 Å². The van der Waals surface area contributed by atoms with Crippen LogP contribution in [0.2, 0.25) is 5.02 Å². The largest absolute Gasteiger partial charge is 0.377 e. The topological polar surface area (TPSA) is 35.2 Å². The Morgan fingerprint density at radius 1 is 1.39 bits per heavy atom. The van der Waals surface area contributed by atoms with Crippen LogP contribution in [0.5, 0.6) is 0 Å². The van der Waals surface area contributed by atoms with Gasteiger partial charge in [-0.05, 0) is 38.0 Å². The third-order valence-electron chi connectivity index (χ3n) is 3.30. The van der Waals surface area contributed by atoms with Crippen molar-refractivity contribution < 1.29 is 4.74 Å². The van der Waals surface area contributed by atoms with E-state index in [1.807, 2.05) is 23.9 Å². The van der Waals surface area contributed by atoms with Gasteiger partial charge in [0.15, 0.2) is 0 Å². The molecule has 2 rings (SSSR count). The summed E-state index contributed by atoms with van der Waals surface area (Å²) in [5, 5.41) is 1.61. The van der Waals surface area contributed by atoms with E-state index in [0.717, 1.165) is 18.1 Å². The summed E-state index contributed by atoms with van der Waals surface area (Å²) in [5.41, 5.74) is 7.38. The number of hydrogen-bond donors (Lipinski definition) is 1. The van der Waals surface area contributed by atoms with Gasteiger partial charge in [0.1, 0.15) is 0 Å². The number of thioether (sulfide) groups is 1. The maximum Gasteiger partial charge on any atom is 0.0666 e. The van der Waals surface area contributed by atoms with Gasteiger partial charge in [0, 0.05) is 28.2 Å². The Morgan fingerprint density at radius 3 is 2.56 bits per heavy atom. The molecule has 4 unspecified atom stereocenters. The number of ether oxygens (including phenoxy) is 1. The fourth-order valence-electron chi connectivity index (χ4n) is 2.24. The van der Waals surface area contributed by atoms with Crippen molar-refractivity contribution in [1.29, 1.82) is 0 Å². The van der Waals surface area contributed by atoms with Crippen molar-refractivity contribution in [3.05, 3.63) is 34.9 Å².